The second-order valence-electron chi connectivity index (χ2n) is 5.42. The van der Waals surface area contributed by atoms with E-state index in [1.807, 2.05) is 0 Å². The molecule has 0 amide bonds. The van der Waals surface area contributed by atoms with Gasteiger partial charge in [-0.15, -0.1) is 0 Å². The second-order valence-corrected chi connectivity index (χ2v) is 5.42. The summed E-state index contributed by atoms with van der Waals surface area (Å²) in [5.41, 5.74) is 0. The maximum absolute atomic E-state index is 13.1. The lowest BCUT2D eigenvalue weighted by Crippen LogP contribution is -2.67. The molecule has 0 aromatic heterocycles. The van der Waals surface area contributed by atoms with E-state index in [4.69, 9.17) is 0 Å². The maximum atomic E-state index is 13.1. The molecule has 1 atom stereocenters. The van der Waals surface area contributed by atoms with Crippen molar-refractivity contribution in [3.05, 3.63) is 0 Å². The van der Waals surface area contributed by atoms with Gasteiger partial charge in [-0.25, -0.2) is 9.18 Å². The van der Waals surface area contributed by atoms with E-state index in [9.17, 15) is 79.4 Å². The zero-order chi connectivity index (χ0) is 25.5. The Labute approximate surface area is 158 Å². The Morgan fingerprint density at radius 2 is 1.00 bits per heavy atom. The summed E-state index contributed by atoms with van der Waals surface area (Å²) < 4.78 is 218. The fraction of sp³-hybridized carbons (Fsp3) is 0.909. The predicted molar refractivity (Wildman–Crippen MR) is 59.0 cm³/mol. The van der Waals surface area contributed by atoms with Crippen molar-refractivity contribution in [2.75, 3.05) is 13.2 Å². The fourth-order valence-electron chi connectivity index (χ4n) is 1.35. The van der Waals surface area contributed by atoms with Gasteiger partial charge in [-0.05, 0) is 0 Å². The summed E-state index contributed by atoms with van der Waals surface area (Å²) in [5, 5.41) is 0. The third-order valence-electron chi connectivity index (χ3n) is 3.02. The van der Waals surface area contributed by atoms with Crippen molar-refractivity contribution in [2.24, 2.45) is 0 Å². The van der Waals surface area contributed by atoms with Crippen molar-refractivity contribution in [1.82, 2.24) is 0 Å². The number of hydrogen-bond acceptors (Lipinski definition) is 3. The van der Waals surface area contributed by atoms with Crippen LogP contribution in [0.4, 0.5) is 79.4 Å². The van der Waals surface area contributed by atoms with Crippen LogP contribution in [0.2, 0.25) is 0 Å². The first-order chi connectivity index (χ1) is 13.3. The molecule has 0 N–H and O–H groups in total. The molecule has 0 saturated carbocycles. The molecule has 186 valence electrons. The van der Waals surface area contributed by atoms with Crippen molar-refractivity contribution in [1.29, 1.82) is 0 Å². The topological polar surface area (TPSA) is 35.5 Å². The number of hydrogen-bond donors (Lipinski definition) is 0. The molecule has 0 saturated heterocycles. The number of alkyl halides is 17. The molecule has 0 heterocycles. The molecule has 0 aliphatic carbocycles. The first-order valence-electron chi connectivity index (χ1n) is 6.72. The molecule has 0 fully saturated rings. The number of rotatable bonds is 8. The molecule has 0 radical (unpaired) electrons. The zero-order valence-corrected chi connectivity index (χ0v) is 13.6. The Kier molecular flexibility index (Phi) is 7.70. The van der Waals surface area contributed by atoms with Crippen LogP contribution in [0.1, 0.15) is 0 Å². The molecule has 20 heteroatoms. The van der Waals surface area contributed by atoms with Crippen LogP contribution in [0.3, 0.4) is 0 Å². The largest absolute Gasteiger partial charge is 0.508 e. The highest BCUT2D eigenvalue weighted by atomic mass is 19.4. The van der Waals surface area contributed by atoms with E-state index in [0.717, 1.165) is 0 Å². The third-order valence-corrected chi connectivity index (χ3v) is 3.02. The monoisotopic (exact) mass is 508 g/mol. The van der Waals surface area contributed by atoms with Crippen molar-refractivity contribution in [2.45, 2.75) is 48.1 Å². The Bertz CT molecular complexity index is 634. The van der Waals surface area contributed by atoms with Crippen molar-refractivity contribution in [3.63, 3.8) is 0 Å². The summed E-state index contributed by atoms with van der Waals surface area (Å²) in [7, 11) is 0. The molecule has 0 aromatic carbocycles. The Hall–Kier alpha value is -1.92. The number of halogens is 17. The van der Waals surface area contributed by atoms with Crippen LogP contribution in [0.15, 0.2) is 0 Å². The summed E-state index contributed by atoms with van der Waals surface area (Å²) in [6.07, 6.45) is -21.7. The number of carbonyl (C=O) groups excluding carboxylic acids is 1. The molecule has 1 unspecified atom stereocenters. The average Bonchev–Trinajstić information content (AvgIpc) is 2.55. The SMILES string of the molecule is O=C(OCC(F)(F)C(F)C(F)(F)F)OCC(F)(F)C(F)(F)C(F)(F)C(F)(F)C(F)(F)F. The molecule has 0 aliphatic rings. The lowest BCUT2D eigenvalue weighted by Gasteiger charge is -2.36. The van der Waals surface area contributed by atoms with Gasteiger partial charge in [-0.2, -0.15) is 70.2 Å². The Morgan fingerprint density at radius 1 is 0.613 bits per heavy atom. The van der Waals surface area contributed by atoms with Crippen LogP contribution in [0.5, 0.6) is 0 Å². The average molecular weight is 508 g/mol. The molecular formula is C11H5F17O3. The van der Waals surface area contributed by atoms with Crippen LogP contribution >= 0.6 is 0 Å². The first-order valence-corrected chi connectivity index (χ1v) is 6.72. The molecule has 31 heavy (non-hydrogen) atoms. The van der Waals surface area contributed by atoms with Crippen LogP contribution in [0, 0.1) is 0 Å². The van der Waals surface area contributed by atoms with E-state index in [1.165, 1.54) is 0 Å². The second kappa shape index (κ2) is 8.21. The van der Waals surface area contributed by atoms with E-state index in [0.29, 0.717) is 0 Å². The van der Waals surface area contributed by atoms with Crippen molar-refractivity contribution < 1.29 is 88.9 Å². The van der Waals surface area contributed by atoms with Crippen LogP contribution < -0.4 is 0 Å². The first kappa shape index (κ1) is 29.1. The molecule has 0 aromatic rings. The van der Waals surface area contributed by atoms with Gasteiger partial charge in [0.15, 0.2) is 13.2 Å². The summed E-state index contributed by atoms with van der Waals surface area (Å²) in [6, 6.07) is 0. The lowest BCUT2D eigenvalue weighted by atomic mass is 9.98. The van der Waals surface area contributed by atoms with Gasteiger partial charge in [-0.3, -0.25) is 0 Å². The quantitative estimate of drug-likeness (QED) is 0.308. The van der Waals surface area contributed by atoms with Crippen LogP contribution in [-0.4, -0.2) is 67.5 Å². The zero-order valence-electron chi connectivity index (χ0n) is 13.6. The van der Waals surface area contributed by atoms with Crippen molar-refractivity contribution in [3.8, 4) is 0 Å². The van der Waals surface area contributed by atoms with Crippen LogP contribution in [-0.2, 0) is 9.47 Å². The van der Waals surface area contributed by atoms with Gasteiger partial charge in [0, 0.05) is 0 Å². The number of carbonyl (C=O) groups is 1. The van der Waals surface area contributed by atoms with E-state index in [-0.39, 0.29) is 0 Å². The lowest BCUT2D eigenvalue weighted by molar-refractivity contribution is -0.423. The van der Waals surface area contributed by atoms with Gasteiger partial charge in [0.05, 0.1) is 0 Å². The highest BCUT2D eigenvalue weighted by Crippen LogP contribution is 2.57. The molecule has 0 aliphatic heterocycles. The fourth-order valence-corrected chi connectivity index (χ4v) is 1.35. The molecule has 3 nitrogen and oxygen atoms in total. The van der Waals surface area contributed by atoms with Gasteiger partial charge >= 0.3 is 48.1 Å². The molecule has 0 spiro atoms. The minimum atomic E-state index is -7.85. The number of ether oxygens (including phenoxy) is 2. The van der Waals surface area contributed by atoms with Crippen molar-refractivity contribution >= 4 is 6.16 Å². The smallest absolute Gasteiger partial charge is 0.428 e. The van der Waals surface area contributed by atoms with E-state index >= 15 is 0 Å². The van der Waals surface area contributed by atoms with Crippen LogP contribution in [0.25, 0.3) is 0 Å². The minimum absolute atomic E-state index is 2.86. The molecule has 0 bridgehead atoms. The minimum Gasteiger partial charge on any atom is -0.428 e. The highest BCUT2D eigenvalue weighted by Gasteiger charge is 2.87. The normalized spacial score (nSPS) is 16.2. The highest BCUT2D eigenvalue weighted by molar-refractivity contribution is 5.60. The Balaban J connectivity index is 5.32. The van der Waals surface area contributed by atoms with E-state index < -0.39 is 67.5 Å². The molecule has 0 rings (SSSR count). The van der Waals surface area contributed by atoms with E-state index in [1.54, 1.807) is 0 Å². The summed E-state index contributed by atoms with van der Waals surface area (Å²) in [5.74, 6) is -35.5. The van der Waals surface area contributed by atoms with Gasteiger partial charge < -0.3 is 9.47 Å². The summed E-state index contributed by atoms with van der Waals surface area (Å²) in [4.78, 5) is 10.7. The van der Waals surface area contributed by atoms with Gasteiger partial charge in [0.25, 0.3) is 6.17 Å². The summed E-state index contributed by atoms with van der Waals surface area (Å²) in [6.45, 7) is -6.41. The van der Waals surface area contributed by atoms with Gasteiger partial charge in [0.2, 0.25) is 0 Å². The third kappa shape index (κ3) is 5.66. The van der Waals surface area contributed by atoms with Gasteiger partial charge in [0.1, 0.15) is 0 Å². The standard InChI is InChI=1S/C11H5F17O3/c12-3(7(17,18)19)5(13,14)1-30-4(29)31-2-6(15,16)8(20,21)9(22,23)10(24,25)11(26,27)28/h3H,1-2H2. The maximum Gasteiger partial charge on any atom is 0.508 e. The molecular weight excluding hydrogens is 503 g/mol. The predicted octanol–water partition coefficient (Wildman–Crippen LogP) is 5.78. The van der Waals surface area contributed by atoms with Gasteiger partial charge in [-0.1, -0.05) is 0 Å². The van der Waals surface area contributed by atoms with E-state index in [2.05, 4.69) is 9.47 Å². The Morgan fingerprint density at radius 3 is 1.35 bits per heavy atom. The summed E-state index contributed by atoms with van der Waals surface area (Å²) >= 11 is 0.